The van der Waals surface area contributed by atoms with E-state index in [1.54, 1.807) is 0 Å². The quantitative estimate of drug-likeness (QED) is 0.798. The van der Waals surface area contributed by atoms with Crippen molar-refractivity contribution >= 4 is 32.3 Å². The second-order valence-corrected chi connectivity index (χ2v) is 9.71. The Hall–Kier alpha value is -2.18. The van der Waals surface area contributed by atoms with Crippen LogP contribution in [0, 0.1) is 5.92 Å². The van der Waals surface area contributed by atoms with Crippen LogP contribution in [0.3, 0.4) is 0 Å². The molecule has 6 heteroatoms. The summed E-state index contributed by atoms with van der Waals surface area (Å²) in [6.45, 7) is 2.24. The average molecular weight is 399 g/mol. The molecule has 2 aromatic carbocycles. The fraction of sp³-hybridized carbons (Fsp3) is 0.409. The summed E-state index contributed by atoms with van der Waals surface area (Å²) >= 11 is 0. The van der Waals surface area contributed by atoms with E-state index in [2.05, 4.69) is 48.5 Å². The maximum absolute atomic E-state index is 12.9. The Kier molecular flexibility index (Phi) is 5.25. The van der Waals surface area contributed by atoms with Crippen LogP contribution >= 0.6 is 0 Å². The van der Waals surface area contributed by atoms with Crippen LogP contribution in [-0.2, 0) is 14.8 Å². The smallest absolute Gasteiger partial charge is 0.226 e. The average Bonchev–Trinajstić information content (AvgIpc) is 2.72. The first-order valence-corrected chi connectivity index (χ1v) is 11.7. The van der Waals surface area contributed by atoms with Gasteiger partial charge in [0.15, 0.2) is 0 Å². The SMILES string of the molecule is CS(=O)(=O)N1CCC(C(=O)N2CC=C(c3cccc4ccccc34)CC2)CC1. The second-order valence-electron chi connectivity index (χ2n) is 7.73. The Balaban J connectivity index is 1.43. The molecule has 2 heterocycles. The Morgan fingerprint density at radius 3 is 2.39 bits per heavy atom. The summed E-state index contributed by atoms with van der Waals surface area (Å²) in [6, 6.07) is 14.8. The third kappa shape index (κ3) is 3.84. The number of benzene rings is 2. The molecule has 5 nitrogen and oxygen atoms in total. The van der Waals surface area contributed by atoms with Crippen LogP contribution < -0.4 is 0 Å². The molecule has 0 radical (unpaired) electrons. The number of carbonyl (C=O) groups is 1. The molecule has 0 saturated carbocycles. The molecule has 148 valence electrons. The Morgan fingerprint density at radius 2 is 1.71 bits per heavy atom. The minimum Gasteiger partial charge on any atom is -0.338 e. The molecule has 0 aromatic heterocycles. The van der Waals surface area contributed by atoms with Crippen molar-refractivity contribution < 1.29 is 13.2 Å². The lowest BCUT2D eigenvalue weighted by atomic mass is 9.92. The number of sulfonamides is 1. The minimum atomic E-state index is -3.16. The van der Waals surface area contributed by atoms with Gasteiger partial charge in [-0.25, -0.2) is 12.7 Å². The van der Waals surface area contributed by atoms with Gasteiger partial charge >= 0.3 is 0 Å². The lowest BCUT2D eigenvalue weighted by Crippen LogP contribution is -2.45. The highest BCUT2D eigenvalue weighted by Crippen LogP contribution is 2.30. The number of amides is 1. The van der Waals surface area contributed by atoms with E-state index in [1.165, 1.54) is 32.5 Å². The van der Waals surface area contributed by atoms with E-state index in [4.69, 9.17) is 0 Å². The van der Waals surface area contributed by atoms with Crippen molar-refractivity contribution in [1.29, 1.82) is 0 Å². The van der Waals surface area contributed by atoms with Crippen LogP contribution in [0.5, 0.6) is 0 Å². The summed E-state index contributed by atoms with van der Waals surface area (Å²) < 4.78 is 24.8. The van der Waals surface area contributed by atoms with Crippen molar-refractivity contribution in [1.82, 2.24) is 9.21 Å². The number of carbonyl (C=O) groups excluding carboxylic acids is 1. The third-order valence-corrected chi connectivity index (χ3v) is 7.23. The molecule has 2 aromatic rings. The number of rotatable bonds is 3. The number of piperidine rings is 1. The van der Waals surface area contributed by atoms with E-state index in [1.807, 2.05) is 4.90 Å². The summed E-state index contributed by atoms with van der Waals surface area (Å²) in [4.78, 5) is 14.8. The van der Waals surface area contributed by atoms with Gasteiger partial charge in [-0.05, 0) is 41.2 Å². The Bertz CT molecular complexity index is 1020. The molecule has 4 rings (SSSR count). The third-order valence-electron chi connectivity index (χ3n) is 5.93. The van der Waals surface area contributed by atoms with E-state index >= 15 is 0 Å². The van der Waals surface area contributed by atoms with Crippen LogP contribution in [0.1, 0.15) is 24.8 Å². The first-order valence-electron chi connectivity index (χ1n) is 9.84. The zero-order valence-electron chi connectivity index (χ0n) is 16.2. The molecule has 0 unspecified atom stereocenters. The van der Waals surface area contributed by atoms with Gasteiger partial charge in [-0.3, -0.25) is 4.79 Å². The van der Waals surface area contributed by atoms with Crippen molar-refractivity contribution in [2.24, 2.45) is 5.92 Å². The molecule has 0 bridgehead atoms. The topological polar surface area (TPSA) is 57.7 Å². The first-order chi connectivity index (χ1) is 13.4. The van der Waals surface area contributed by atoms with E-state index in [-0.39, 0.29) is 11.8 Å². The van der Waals surface area contributed by atoms with Gasteiger partial charge in [0, 0.05) is 32.1 Å². The van der Waals surface area contributed by atoms with E-state index < -0.39 is 10.0 Å². The van der Waals surface area contributed by atoms with Gasteiger partial charge in [0.05, 0.1) is 6.26 Å². The number of hydrogen-bond donors (Lipinski definition) is 0. The molecule has 0 aliphatic carbocycles. The molecule has 0 atom stereocenters. The summed E-state index contributed by atoms with van der Waals surface area (Å²) in [5.41, 5.74) is 2.56. The number of fused-ring (bicyclic) bond motifs is 1. The number of nitrogens with zero attached hydrogens (tertiary/aromatic N) is 2. The van der Waals surface area contributed by atoms with Crippen molar-refractivity contribution in [3.63, 3.8) is 0 Å². The summed E-state index contributed by atoms with van der Waals surface area (Å²) in [5.74, 6) is 0.104. The predicted molar refractivity (Wildman–Crippen MR) is 112 cm³/mol. The zero-order valence-corrected chi connectivity index (χ0v) is 17.0. The van der Waals surface area contributed by atoms with Gasteiger partial charge in [0.25, 0.3) is 0 Å². The molecule has 1 amide bonds. The van der Waals surface area contributed by atoms with Gasteiger partial charge in [-0.15, -0.1) is 0 Å². The van der Waals surface area contributed by atoms with Gasteiger partial charge in [-0.1, -0.05) is 48.5 Å². The normalized spacial score (nSPS) is 19.6. The first kappa shape index (κ1) is 19.2. The lowest BCUT2D eigenvalue weighted by Gasteiger charge is -2.34. The second kappa shape index (κ2) is 7.68. The Labute approximate surface area is 166 Å². The molecule has 2 aliphatic rings. The predicted octanol–water partition coefficient (Wildman–Crippen LogP) is 3.13. The highest BCUT2D eigenvalue weighted by atomic mass is 32.2. The molecule has 0 spiro atoms. The fourth-order valence-electron chi connectivity index (χ4n) is 4.31. The molecule has 28 heavy (non-hydrogen) atoms. The standard InChI is InChI=1S/C22H26N2O3S/c1-28(26,27)24-15-11-19(12-16-24)22(25)23-13-9-18(10-14-23)21-8-4-6-17-5-2-3-7-20(17)21/h2-9,19H,10-16H2,1H3. The van der Waals surface area contributed by atoms with Gasteiger partial charge in [-0.2, -0.15) is 0 Å². The summed E-state index contributed by atoms with van der Waals surface area (Å²) in [7, 11) is -3.16. The monoisotopic (exact) mass is 398 g/mol. The van der Waals surface area contributed by atoms with Gasteiger partial charge < -0.3 is 4.90 Å². The molecule has 1 fully saturated rings. The molecule has 0 N–H and O–H groups in total. The fourth-order valence-corrected chi connectivity index (χ4v) is 5.19. The van der Waals surface area contributed by atoms with E-state index in [9.17, 15) is 13.2 Å². The molecular formula is C22H26N2O3S. The van der Waals surface area contributed by atoms with E-state index in [0.717, 1.165) is 13.0 Å². The van der Waals surface area contributed by atoms with Crippen LogP contribution in [0.4, 0.5) is 0 Å². The minimum absolute atomic E-state index is 0.0643. The van der Waals surface area contributed by atoms with Gasteiger partial charge in [0.2, 0.25) is 15.9 Å². The van der Waals surface area contributed by atoms with E-state index in [0.29, 0.717) is 32.5 Å². The van der Waals surface area contributed by atoms with Crippen molar-refractivity contribution in [3.8, 4) is 0 Å². The van der Waals surface area contributed by atoms with Crippen molar-refractivity contribution in [2.45, 2.75) is 19.3 Å². The molecular weight excluding hydrogens is 372 g/mol. The highest BCUT2D eigenvalue weighted by molar-refractivity contribution is 7.88. The molecule has 1 saturated heterocycles. The van der Waals surface area contributed by atoms with Crippen LogP contribution in [0.2, 0.25) is 0 Å². The lowest BCUT2D eigenvalue weighted by molar-refractivity contribution is -0.136. The number of hydrogen-bond acceptors (Lipinski definition) is 3. The summed E-state index contributed by atoms with van der Waals surface area (Å²) in [5, 5.41) is 2.49. The Morgan fingerprint density at radius 1 is 1.00 bits per heavy atom. The highest BCUT2D eigenvalue weighted by Gasteiger charge is 2.32. The maximum atomic E-state index is 12.9. The summed E-state index contributed by atoms with van der Waals surface area (Å²) in [6.07, 6.45) is 5.49. The molecule has 2 aliphatic heterocycles. The zero-order chi connectivity index (χ0) is 19.7. The maximum Gasteiger partial charge on any atom is 0.226 e. The van der Waals surface area contributed by atoms with Gasteiger partial charge in [0.1, 0.15) is 0 Å². The van der Waals surface area contributed by atoms with Crippen molar-refractivity contribution in [2.75, 3.05) is 32.4 Å². The van der Waals surface area contributed by atoms with Crippen LogP contribution in [-0.4, -0.2) is 56.0 Å². The largest absolute Gasteiger partial charge is 0.338 e. The van der Waals surface area contributed by atoms with Crippen LogP contribution in [0.25, 0.3) is 16.3 Å². The van der Waals surface area contributed by atoms with Crippen molar-refractivity contribution in [3.05, 3.63) is 54.1 Å². The van der Waals surface area contributed by atoms with Crippen LogP contribution in [0.15, 0.2) is 48.5 Å².